The Balaban J connectivity index is 0.00000280. The fourth-order valence-electron chi connectivity index (χ4n) is 3.64. The summed E-state index contributed by atoms with van der Waals surface area (Å²) in [7, 11) is -1.16. The zero-order valence-corrected chi connectivity index (χ0v) is 19.8. The highest BCUT2D eigenvalue weighted by Crippen LogP contribution is 2.22. The number of hydrogen-bond acceptors (Lipinski definition) is 5. The van der Waals surface area contributed by atoms with Gasteiger partial charge in [0.15, 0.2) is 15.8 Å². The largest absolute Gasteiger partial charge is 0.497 e. The van der Waals surface area contributed by atoms with E-state index in [0.717, 1.165) is 50.9 Å². The molecule has 7 nitrogen and oxygen atoms in total. The van der Waals surface area contributed by atoms with Gasteiger partial charge in [-0.1, -0.05) is 6.07 Å². The van der Waals surface area contributed by atoms with Crippen molar-refractivity contribution in [3.63, 3.8) is 0 Å². The highest BCUT2D eigenvalue weighted by molar-refractivity contribution is 14.0. The van der Waals surface area contributed by atoms with Gasteiger partial charge >= 0.3 is 0 Å². The molecule has 3 rings (SSSR count). The summed E-state index contributed by atoms with van der Waals surface area (Å²) in [6.07, 6.45) is 0.731. The van der Waals surface area contributed by atoms with E-state index in [1.54, 1.807) is 7.11 Å². The Labute approximate surface area is 185 Å². The molecule has 0 bridgehead atoms. The monoisotopic (exact) mass is 522 g/mol. The molecule has 1 aromatic rings. The maximum Gasteiger partial charge on any atom is 0.194 e. The molecule has 0 spiro atoms. The molecule has 9 heteroatoms. The van der Waals surface area contributed by atoms with Crippen molar-refractivity contribution in [2.45, 2.75) is 13.3 Å². The molecule has 1 unspecified atom stereocenters. The van der Waals surface area contributed by atoms with Crippen LogP contribution in [0, 0.1) is 5.92 Å². The molecule has 1 aromatic carbocycles. The van der Waals surface area contributed by atoms with Gasteiger partial charge < -0.3 is 19.9 Å². The molecule has 28 heavy (non-hydrogen) atoms. The number of hydrogen-bond donors (Lipinski definition) is 1. The number of ether oxygens (including phenoxy) is 1. The third-order valence-electron chi connectivity index (χ3n) is 5.16. The van der Waals surface area contributed by atoms with Gasteiger partial charge in [0.1, 0.15) is 5.75 Å². The summed E-state index contributed by atoms with van der Waals surface area (Å²) in [6, 6.07) is 8.15. The van der Waals surface area contributed by atoms with Crippen molar-refractivity contribution in [3.8, 4) is 5.75 Å². The summed E-state index contributed by atoms with van der Waals surface area (Å²) in [5, 5.41) is 3.36. The number of methoxy groups -OCH3 is 1. The van der Waals surface area contributed by atoms with Crippen LogP contribution in [0.25, 0.3) is 0 Å². The Bertz CT molecular complexity index is 764. The average Bonchev–Trinajstić information content (AvgIpc) is 3.04. The first kappa shape index (κ1) is 23.1. The number of halogens is 1. The van der Waals surface area contributed by atoms with Crippen molar-refractivity contribution in [1.82, 2.24) is 10.2 Å². The summed E-state index contributed by atoms with van der Waals surface area (Å²) in [6.45, 7) is 7.03. The minimum Gasteiger partial charge on any atom is -0.497 e. The van der Waals surface area contributed by atoms with E-state index >= 15 is 0 Å². The maximum atomic E-state index is 11.6. The van der Waals surface area contributed by atoms with Crippen molar-refractivity contribution in [2.24, 2.45) is 10.9 Å². The normalized spacial score (nSPS) is 21.9. The van der Waals surface area contributed by atoms with E-state index in [9.17, 15) is 8.42 Å². The van der Waals surface area contributed by atoms with Crippen LogP contribution in [-0.2, 0) is 9.84 Å². The maximum absolute atomic E-state index is 11.6. The molecule has 2 fully saturated rings. The molecule has 0 radical (unpaired) electrons. The SMILES string of the molecule is CCNC(=NCC1CCS(=O)(=O)C1)N1CCN(c2cccc(OC)c2)CC1.I. The number of aliphatic imine (C=N–C) groups is 1. The Hall–Kier alpha value is -1.23. The molecule has 2 saturated heterocycles. The zero-order chi connectivity index (χ0) is 19.3. The summed E-state index contributed by atoms with van der Waals surface area (Å²) in [5.41, 5.74) is 1.17. The van der Waals surface area contributed by atoms with Crippen LogP contribution < -0.4 is 15.0 Å². The third kappa shape index (κ3) is 6.13. The van der Waals surface area contributed by atoms with Crippen LogP contribution in [0.3, 0.4) is 0 Å². The summed E-state index contributed by atoms with van der Waals surface area (Å²) >= 11 is 0. The molecule has 0 saturated carbocycles. The van der Waals surface area contributed by atoms with Gasteiger partial charge in [-0.25, -0.2) is 8.42 Å². The fourth-order valence-corrected chi connectivity index (χ4v) is 5.49. The molecule has 0 aliphatic carbocycles. The number of rotatable bonds is 5. The van der Waals surface area contributed by atoms with Crippen molar-refractivity contribution in [3.05, 3.63) is 24.3 Å². The van der Waals surface area contributed by atoms with Crippen LogP contribution in [0.1, 0.15) is 13.3 Å². The van der Waals surface area contributed by atoms with E-state index in [4.69, 9.17) is 9.73 Å². The Morgan fingerprint density at radius 3 is 2.64 bits per heavy atom. The second-order valence-corrected chi connectivity index (χ2v) is 9.37. The first-order valence-electron chi connectivity index (χ1n) is 9.63. The number of nitrogens with zero attached hydrogens (tertiary/aromatic N) is 3. The molecule has 1 N–H and O–H groups in total. The lowest BCUT2D eigenvalue weighted by Gasteiger charge is -2.37. The lowest BCUT2D eigenvalue weighted by molar-refractivity contribution is 0.371. The van der Waals surface area contributed by atoms with Crippen molar-refractivity contribution < 1.29 is 13.2 Å². The topological polar surface area (TPSA) is 74.2 Å². The fraction of sp³-hybridized carbons (Fsp3) is 0.632. The molecule has 2 aliphatic rings. The summed E-state index contributed by atoms with van der Waals surface area (Å²) in [4.78, 5) is 9.36. The van der Waals surface area contributed by atoms with Crippen LogP contribution in [0.5, 0.6) is 5.75 Å². The second-order valence-electron chi connectivity index (χ2n) is 7.14. The van der Waals surface area contributed by atoms with Crippen LogP contribution in [0.4, 0.5) is 5.69 Å². The molecule has 0 aromatic heterocycles. The number of piperazine rings is 1. The number of anilines is 1. The molecule has 2 aliphatic heterocycles. The highest BCUT2D eigenvalue weighted by Gasteiger charge is 2.28. The zero-order valence-electron chi connectivity index (χ0n) is 16.6. The first-order valence-corrected chi connectivity index (χ1v) is 11.5. The number of nitrogens with one attached hydrogen (secondary N) is 1. The lowest BCUT2D eigenvalue weighted by Crippen LogP contribution is -2.52. The number of guanidine groups is 1. The van der Waals surface area contributed by atoms with Crippen molar-refractivity contribution in [2.75, 3.05) is 62.8 Å². The molecular weight excluding hydrogens is 491 g/mol. The number of benzene rings is 1. The lowest BCUT2D eigenvalue weighted by atomic mass is 10.1. The quantitative estimate of drug-likeness (QED) is 0.362. The first-order chi connectivity index (χ1) is 13.0. The van der Waals surface area contributed by atoms with Gasteiger partial charge in [-0.05, 0) is 31.4 Å². The van der Waals surface area contributed by atoms with Crippen LogP contribution in [0.15, 0.2) is 29.3 Å². The van der Waals surface area contributed by atoms with Gasteiger partial charge in [-0.2, -0.15) is 0 Å². The molecular formula is C19H31IN4O3S. The van der Waals surface area contributed by atoms with Crippen LogP contribution in [0.2, 0.25) is 0 Å². The summed E-state index contributed by atoms with van der Waals surface area (Å²) < 4.78 is 28.6. The van der Waals surface area contributed by atoms with E-state index in [2.05, 4.69) is 34.2 Å². The minimum atomic E-state index is -2.84. The predicted octanol–water partition coefficient (Wildman–Crippen LogP) is 1.84. The third-order valence-corrected chi connectivity index (χ3v) is 7.00. The Morgan fingerprint density at radius 2 is 2.04 bits per heavy atom. The smallest absolute Gasteiger partial charge is 0.194 e. The van der Waals surface area contributed by atoms with Gasteiger partial charge in [0.2, 0.25) is 0 Å². The molecule has 2 heterocycles. The van der Waals surface area contributed by atoms with Gasteiger partial charge in [0.05, 0.1) is 18.6 Å². The minimum absolute atomic E-state index is 0. The summed E-state index contributed by atoms with van der Waals surface area (Å²) in [5.74, 6) is 2.51. The van der Waals surface area contributed by atoms with Crippen LogP contribution in [-0.4, -0.2) is 77.2 Å². The molecule has 0 amide bonds. The molecule has 158 valence electrons. The van der Waals surface area contributed by atoms with Crippen LogP contribution >= 0.6 is 24.0 Å². The van der Waals surface area contributed by atoms with E-state index in [1.807, 2.05) is 12.1 Å². The van der Waals surface area contributed by atoms with Crippen molar-refractivity contribution >= 4 is 45.5 Å². The van der Waals surface area contributed by atoms with Gasteiger partial charge in [0.25, 0.3) is 0 Å². The van der Waals surface area contributed by atoms with E-state index in [-0.39, 0.29) is 35.6 Å². The van der Waals surface area contributed by atoms with Gasteiger partial charge in [0, 0.05) is 51.0 Å². The Kier molecular flexibility index (Phi) is 8.66. The average molecular weight is 522 g/mol. The molecule has 1 atom stereocenters. The van der Waals surface area contributed by atoms with Gasteiger partial charge in [-0.15, -0.1) is 24.0 Å². The Morgan fingerprint density at radius 1 is 1.29 bits per heavy atom. The second kappa shape index (κ2) is 10.5. The van der Waals surface area contributed by atoms with Gasteiger partial charge in [-0.3, -0.25) is 4.99 Å². The van der Waals surface area contributed by atoms with E-state index in [1.165, 1.54) is 5.69 Å². The van der Waals surface area contributed by atoms with Crippen molar-refractivity contribution in [1.29, 1.82) is 0 Å². The number of sulfone groups is 1. The van der Waals surface area contributed by atoms with E-state index < -0.39 is 9.84 Å². The predicted molar refractivity (Wildman–Crippen MR) is 125 cm³/mol. The standard InChI is InChI=1S/C19H30N4O3S.HI/c1-3-20-19(21-14-16-7-12-27(24,25)15-16)23-10-8-22(9-11-23)17-5-4-6-18(13-17)26-2;/h4-6,13,16H,3,7-12,14-15H2,1-2H3,(H,20,21);1H. The highest BCUT2D eigenvalue weighted by atomic mass is 127. The van der Waals surface area contributed by atoms with E-state index in [0.29, 0.717) is 12.3 Å².